The van der Waals surface area contributed by atoms with E-state index < -0.39 is 5.60 Å². The van der Waals surface area contributed by atoms with Crippen LogP contribution in [0.3, 0.4) is 0 Å². The lowest BCUT2D eigenvalue weighted by molar-refractivity contribution is 0.0520. The molecule has 0 amide bonds. The summed E-state index contributed by atoms with van der Waals surface area (Å²) in [5.74, 6) is -0.242. The van der Waals surface area contributed by atoms with Crippen molar-refractivity contribution in [2.45, 2.75) is 25.4 Å². The van der Waals surface area contributed by atoms with Gasteiger partial charge in [-0.3, -0.25) is 0 Å². The van der Waals surface area contributed by atoms with Crippen LogP contribution in [0.5, 0.6) is 0 Å². The Kier molecular flexibility index (Phi) is 4.24. The Hall–Kier alpha value is -0.930. The van der Waals surface area contributed by atoms with Crippen LogP contribution in [0, 0.1) is 5.82 Å². The Morgan fingerprint density at radius 1 is 1.33 bits per heavy atom. The van der Waals surface area contributed by atoms with Crippen LogP contribution in [0.2, 0.25) is 0 Å². The van der Waals surface area contributed by atoms with Gasteiger partial charge in [-0.05, 0) is 44.6 Å². The van der Waals surface area contributed by atoms with E-state index >= 15 is 0 Å². The lowest BCUT2D eigenvalue weighted by atomic mass is 9.93. The minimum atomic E-state index is -0.735. The first kappa shape index (κ1) is 12.1. The first-order valence-electron chi connectivity index (χ1n) is 5.15. The molecule has 0 bridgehead atoms. The second-order valence-electron chi connectivity index (χ2n) is 4.15. The first-order chi connectivity index (χ1) is 7.03. The maximum Gasteiger partial charge on any atom is 0.123 e. The molecule has 0 aliphatic carbocycles. The number of benzene rings is 1. The second kappa shape index (κ2) is 5.24. The number of hydrogen-bond donors (Lipinski definition) is 2. The van der Waals surface area contributed by atoms with Crippen LogP contribution in [-0.4, -0.2) is 24.3 Å². The topological polar surface area (TPSA) is 32.3 Å². The van der Waals surface area contributed by atoms with E-state index in [0.29, 0.717) is 12.8 Å². The zero-order valence-corrected chi connectivity index (χ0v) is 9.26. The minimum Gasteiger partial charge on any atom is -0.390 e. The highest BCUT2D eigenvalue weighted by Gasteiger charge is 2.19. The molecule has 84 valence electrons. The predicted octanol–water partition coefficient (Wildman–Crippen LogP) is 1.73. The zero-order valence-electron chi connectivity index (χ0n) is 9.26. The monoisotopic (exact) mass is 211 g/mol. The van der Waals surface area contributed by atoms with Crippen LogP contribution >= 0.6 is 0 Å². The molecule has 0 aromatic heterocycles. The fraction of sp³-hybridized carbons (Fsp3) is 0.500. The fourth-order valence-electron chi connectivity index (χ4n) is 1.52. The molecule has 0 saturated heterocycles. The number of hydrogen-bond acceptors (Lipinski definition) is 2. The molecule has 1 rings (SSSR count). The summed E-state index contributed by atoms with van der Waals surface area (Å²) in [6.45, 7) is 2.57. The average molecular weight is 211 g/mol. The molecule has 0 aliphatic rings. The summed E-state index contributed by atoms with van der Waals surface area (Å²) in [6.07, 6.45) is 1.23. The van der Waals surface area contributed by atoms with E-state index in [-0.39, 0.29) is 5.82 Å². The molecule has 1 aromatic rings. The van der Waals surface area contributed by atoms with Gasteiger partial charge < -0.3 is 10.4 Å². The minimum absolute atomic E-state index is 0.242. The molecular weight excluding hydrogens is 193 g/mol. The van der Waals surface area contributed by atoms with Crippen molar-refractivity contribution in [2.75, 3.05) is 13.6 Å². The number of halogens is 1. The smallest absolute Gasteiger partial charge is 0.123 e. The van der Waals surface area contributed by atoms with Crippen LogP contribution in [0.25, 0.3) is 0 Å². The summed E-state index contributed by atoms with van der Waals surface area (Å²) in [5.41, 5.74) is 0.221. The van der Waals surface area contributed by atoms with Crippen LogP contribution in [0.15, 0.2) is 24.3 Å². The van der Waals surface area contributed by atoms with E-state index in [9.17, 15) is 9.50 Å². The summed E-state index contributed by atoms with van der Waals surface area (Å²) in [7, 11) is 1.86. The van der Waals surface area contributed by atoms with Crippen LogP contribution in [-0.2, 0) is 6.42 Å². The molecule has 1 unspecified atom stereocenters. The highest BCUT2D eigenvalue weighted by molar-refractivity contribution is 5.17. The molecule has 0 saturated carbocycles. The van der Waals surface area contributed by atoms with Crippen molar-refractivity contribution in [3.05, 3.63) is 35.6 Å². The van der Waals surface area contributed by atoms with Gasteiger partial charge in [0.15, 0.2) is 0 Å². The van der Waals surface area contributed by atoms with E-state index in [2.05, 4.69) is 5.32 Å². The Labute approximate surface area is 90.1 Å². The van der Waals surface area contributed by atoms with Gasteiger partial charge in [-0.15, -0.1) is 0 Å². The molecule has 15 heavy (non-hydrogen) atoms. The van der Waals surface area contributed by atoms with Gasteiger partial charge in [-0.1, -0.05) is 12.1 Å². The molecular formula is C12H18FNO. The molecule has 0 heterocycles. The van der Waals surface area contributed by atoms with Gasteiger partial charge in [0, 0.05) is 6.42 Å². The molecule has 0 fully saturated rings. The summed E-state index contributed by atoms with van der Waals surface area (Å²) >= 11 is 0. The number of aliphatic hydroxyl groups is 1. The highest BCUT2D eigenvalue weighted by atomic mass is 19.1. The van der Waals surface area contributed by atoms with Crippen molar-refractivity contribution in [2.24, 2.45) is 0 Å². The fourth-order valence-corrected chi connectivity index (χ4v) is 1.52. The molecule has 0 spiro atoms. The van der Waals surface area contributed by atoms with Gasteiger partial charge >= 0.3 is 0 Å². The van der Waals surface area contributed by atoms with Crippen molar-refractivity contribution >= 4 is 0 Å². The molecule has 3 heteroatoms. The molecule has 2 nitrogen and oxygen atoms in total. The quantitative estimate of drug-likeness (QED) is 0.777. The van der Waals surface area contributed by atoms with Gasteiger partial charge in [0.05, 0.1) is 5.60 Å². The Morgan fingerprint density at radius 3 is 2.47 bits per heavy atom. The summed E-state index contributed by atoms with van der Waals surface area (Å²) < 4.78 is 12.6. The van der Waals surface area contributed by atoms with Crippen molar-refractivity contribution in [1.82, 2.24) is 5.32 Å². The predicted molar refractivity (Wildman–Crippen MR) is 59.3 cm³/mol. The van der Waals surface area contributed by atoms with Gasteiger partial charge in [-0.2, -0.15) is 0 Å². The van der Waals surface area contributed by atoms with Gasteiger partial charge in [0.1, 0.15) is 5.82 Å². The van der Waals surface area contributed by atoms with E-state index in [0.717, 1.165) is 12.1 Å². The zero-order chi connectivity index (χ0) is 11.3. The standard InChI is InChI=1S/C12H18FNO/c1-12(15,7-8-14-2)9-10-3-5-11(13)6-4-10/h3-6,14-15H,7-9H2,1-2H3. The summed E-state index contributed by atoms with van der Waals surface area (Å²) in [5, 5.41) is 13.0. The van der Waals surface area contributed by atoms with E-state index in [4.69, 9.17) is 0 Å². The largest absolute Gasteiger partial charge is 0.390 e. The number of rotatable bonds is 5. The summed E-state index contributed by atoms with van der Waals surface area (Å²) in [4.78, 5) is 0. The van der Waals surface area contributed by atoms with Gasteiger partial charge in [0.25, 0.3) is 0 Å². The molecule has 1 aromatic carbocycles. The van der Waals surface area contributed by atoms with Gasteiger partial charge in [-0.25, -0.2) is 4.39 Å². The Balaban J connectivity index is 2.56. The van der Waals surface area contributed by atoms with Crippen molar-refractivity contribution in [3.63, 3.8) is 0 Å². The normalized spacial score (nSPS) is 14.9. The molecule has 0 radical (unpaired) electrons. The van der Waals surface area contributed by atoms with E-state index in [1.165, 1.54) is 12.1 Å². The SMILES string of the molecule is CNCCC(C)(O)Cc1ccc(F)cc1. The third-order valence-corrected chi connectivity index (χ3v) is 2.41. The first-order valence-corrected chi connectivity index (χ1v) is 5.15. The number of nitrogens with one attached hydrogen (secondary N) is 1. The average Bonchev–Trinajstić information content (AvgIpc) is 2.18. The van der Waals surface area contributed by atoms with E-state index in [1.807, 2.05) is 7.05 Å². The maximum atomic E-state index is 12.6. The van der Waals surface area contributed by atoms with Gasteiger partial charge in [0.2, 0.25) is 0 Å². The highest BCUT2D eigenvalue weighted by Crippen LogP contribution is 2.16. The molecule has 1 atom stereocenters. The third-order valence-electron chi connectivity index (χ3n) is 2.41. The van der Waals surface area contributed by atoms with Crippen LogP contribution < -0.4 is 5.32 Å². The van der Waals surface area contributed by atoms with Crippen LogP contribution in [0.1, 0.15) is 18.9 Å². The van der Waals surface area contributed by atoms with E-state index in [1.54, 1.807) is 19.1 Å². The lowest BCUT2D eigenvalue weighted by Gasteiger charge is -2.23. The molecule has 2 N–H and O–H groups in total. The maximum absolute atomic E-state index is 12.6. The van der Waals surface area contributed by atoms with Crippen LogP contribution in [0.4, 0.5) is 4.39 Å². The van der Waals surface area contributed by atoms with Crippen molar-refractivity contribution in [3.8, 4) is 0 Å². The second-order valence-corrected chi connectivity index (χ2v) is 4.15. The van der Waals surface area contributed by atoms with Crippen molar-refractivity contribution < 1.29 is 9.50 Å². The Morgan fingerprint density at radius 2 is 1.93 bits per heavy atom. The lowest BCUT2D eigenvalue weighted by Crippen LogP contribution is -2.31. The van der Waals surface area contributed by atoms with Crippen molar-refractivity contribution in [1.29, 1.82) is 0 Å². The molecule has 0 aliphatic heterocycles. The third kappa shape index (κ3) is 4.40. The Bertz CT molecular complexity index is 295. The summed E-state index contributed by atoms with van der Waals surface area (Å²) in [6, 6.07) is 6.26.